The summed E-state index contributed by atoms with van der Waals surface area (Å²) >= 11 is 0. The van der Waals surface area contributed by atoms with E-state index in [-0.39, 0.29) is 19.0 Å². The van der Waals surface area contributed by atoms with E-state index in [1.165, 1.54) is 4.90 Å². The van der Waals surface area contributed by atoms with Gasteiger partial charge in [0.2, 0.25) is 0 Å². The van der Waals surface area contributed by atoms with Crippen molar-refractivity contribution in [2.24, 2.45) is 0 Å². The van der Waals surface area contributed by atoms with E-state index in [1.54, 1.807) is 76.4 Å². The molecule has 2 aromatic carbocycles. The van der Waals surface area contributed by atoms with Crippen LogP contribution in [0.15, 0.2) is 48.5 Å². The first-order valence-corrected chi connectivity index (χ1v) is 10.5. The van der Waals surface area contributed by atoms with Gasteiger partial charge in [-0.2, -0.15) is 4.90 Å². The molecule has 2 heterocycles. The van der Waals surface area contributed by atoms with Crippen molar-refractivity contribution in [2.75, 3.05) is 13.7 Å². The third kappa shape index (κ3) is 3.90. The van der Waals surface area contributed by atoms with Crippen molar-refractivity contribution in [1.29, 1.82) is 0 Å². The fourth-order valence-corrected chi connectivity index (χ4v) is 4.06. The summed E-state index contributed by atoms with van der Waals surface area (Å²) in [5.74, 6) is -0.461. The molecule has 4 rings (SSSR count). The standard InChI is InChI=1S/C24H25N3O6/c1-23(2,3)33-22(31)27-20(29)24(25-21(27)30,16-8-6-5-7-9-16)14-26-13-15-12-17(32-4)10-11-18(15)19(26)28/h5-12H,13-14H2,1-4H3,(H,25,30)/t24-/m0/s1. The first-order chi connectivity index (χ1) is 15.6. The summed E-state index contributed by atoms with van der Waals surface area (Å²) in [5, 5.41) is 2.67. The lowest BCUT2D eigenvalue weighted by Crippen LogP contribution is -2.53. The summed E-state index contributed by atoms with van der Waals surface area (Å²) in [5.41, 5.74) is -0.836. The molecule has 2 aromatic rings. The van der Waals surface area contributed by atoms with Crippen LogP contribution in [0.4, 0.5) is 9.59 Å². The average Bonchev–Trinajstić information content (AvgIpc) is 3.20. The lowest BCUT2D eigenvalue weighted by molar-refractivity contribution is -0.131. The molecule has 9 heteroatoms. The fraction of sp³-hybridized carbons (Fsp3) is 0.333. The number of hydrogen-bond donors (Lipinski definition) is 1. The first-order valence-electron chi connectivity index (χ1n) is 10.5. The van der Waals surface area contributed by atoms with E-state index in [0.29, 0.717) is 21.8 Å². The number of imide groups is 3. The molecule has 5 amide bonds. The highest BCUT2D eigenvalue weighted by Gasteiger charge is 2.57. The van der Waals surface area contributed by atoms with Gasteiger partial charge in [0.1, 0.15) is 11.4 Å². The summed E-state index contributed by atoms with van der Waals surface area (Å²) in [6.45, 7) is 5.00. The van der Waals surface area contributed by atoms with E-state index in [1.807, 2.05) is 0 Å². The van der Waals surface area contributed by atoms with Crippen LogP contribution >= 0.6 is 0 Å². The van der Waals surface area contributed by atoms with Crippen LogP contribution < -0.4 is 10.1 Å². The predicted molar refractivity (Wildman–Crippen MR) is 117 cm³/mol. The Bertz CT molecular complexity index is 1140. The smallest absolute Gasteiger partial charge is 0.425 e. The Morgan fingerprint density at radius 1 is 1.09 bits per heavy atom. The molecule has 0 spiro atoms. The number of rotatable bonds is 4. The maximum absolute atomic E-state index is 13.6. The van der Waals surface area contributed by atoms with Crippen LogP contribution in [-0.2, 0) is 21.6 Å². The molecule has 0 aliphatic carbocycles. The molecule has 0 bridgehead atoms. The summed E-state index contributed by atoms with van der Waals surface area (Å²) < 4.78 is 10.5. The van der Waals surface area contributed by atoms with Gasteiger partial charge in [0.15, 0.2) is 5.54 Å². The van der Waals surface area contributed by atoms with Crippen LogP contribution in [0.2, 0.25) is 0 Å². The Labute approximate surface area is 191 Å². The Hall–Kier alpha value is -3.88. The average molecular weight is 451 g/mol. The maximum atomic E-state index is 13.6. The lowest BCUT2D eigenvalue weighted by atomic mass is 9.89. The highest BCUT2D eigenvalue weighted by atomic mass is 16.6. The number of nitrogens with one attached hydrogen (secondary N) is 1. The van der Waals surface area contributed by atoms with Crippen LogP contribution in [0.5, 0.6) is 5.75 Å². The second-order valence-corrected chi connectivity index (χ2v) is 9.01. The Morgan fingerprint density at radius 3 is 2.42 bits per heavy atom. The van der Waals surface area contributed by atoms with Crippen molar-refractivity contribution in [3.8, 4) is 5.75 Å². The largest absolute Gasteiger partial charge is 0.497 e. The van der Waals surface area contributed by atoms with Crippen molar-refractivity contribution >= 4 is 23.9 Å². The van der Waals surface area contributed by atoms with Crippen molar-refractivity contribution in [2.45, 2.75) is 38.5 Å². The van der Waals surface area contributed by atoms with E-state index in [9.17, 15) is 19.2 Å². The van der Waals surface area contributed by atoms with Gasteiger partial charge in [-0.15, -0.1) is 0 Å². The van der Waals surface area contributed by atoms with Crippen molar-refractivity contribution in [1.82, 2.24) is 15.1 Å². The van der Waals surface area contributed by atoms with Gasteiger partial charge in [0.25, 0.3) is 11.8 Å². The molecule has 0 saturated carbocycles. The normalized spacial score (nSPS) is 20.1. The van der Waals surface area contributed by atoms with Gasteiger partial charge in [-0.3, -0.25) is 9.59 Å². The monoisotopic (exact) mass is 451 g/mol. The Balaban J connectivity index is 1.70. The predicted octanol–water partition coefficient (Wildman–Crippen LogP) is 3.03. The van der Waals surface area contributed by atoms with Crippen molar-refractivity contribution in [3.05, 3.63) is 65.2 Å². The number of benzene rings is 2. The SMILES string of the molecule is COc1ccc2c(c1)CN(C[C@@]1(c3ccccc3)NC(=O)N(C(=O)OC(C)(C)C)C1=O)C2=O. The van der Waals surface area contributed by atoms with E-state index in [2.05, 4.69) is 5.32 Å². The minimum atomic E-state index is -1.64. The first kappa shape index (κ1) is 22.3. The topological polar surface area (TPSA) is 105 Å². The molecule has 1 atom stereocenters. The summed E-state index contributed by atoms with van der Waals surface area (Å²) in [6, 6.07) is 12.8. The van der Waals surface area contributed by atoms with Crippen LogP contribution in [-0.4, -0.2) is 53.0 Å². The summed E-state index contributed by atoms with van der Waals surface area (Å²) in [6.07, 6.45) is -1.07. The molecular weight excluding hydrogens is 426 g/mol. The van der Waals surface area contributed by atoms with Crippen LogP contribution in [0.25, 0.3) is 0 Å². The molecule has 2 aliphatic heterocycles. The van der Waals surface area contributed by atoms with E-state index >= 15 is 0 Å². The molecule has 33 heavy (non-hydrogen) atoms. The minimum Gasteiger partial charge on any atom is -0.497 e. The fourth-order valence-electron chi connectivity index (χ4n) is 4.06. The lowest BCUT2D eigenvalue weighted by Gasteiger charge is -2.31. The van der Waals surface area contributed by atoms with Crippen molar-refractivity contribution < 1.29 is 28.7 Å². The molecule has 1 saturated heterocycles. The van der Waals surface area contributed by atoms with Crippen molar-refractivity contribution in [3.63, 3.8) is 0 Å². The van der Waals surface area contributed by atoms with Gasteiger partial charge in [-0.1, -0.05) is 30.3 Å². The third-order valence-electron chi connectivity index (χ3n) is 5.55. The van der Waals surface area contributed by atoms with Crippen LogP contribution in [0, 0.1) is 0 Å². The van der Waals surface area contributed by atoms with Gasteiger partial charge in [-0.05, 0) is 50.1 Å². The van der Waals surface area contributed by atoms with Gasteiger partial charge in [0, 0.05) is 12.1 Å². The van der Waals surface area contributed by atoms with Gasteiger partial charge in [0.05, 0.1) is 13.7 Å². The molecule has 0 aromatic heterocycles. The quantitative estimate of drug-likeness (QED) is 0.717. The van der Waals surface area contributed by atoms with E-state index < -0.39 is 29.2 Å². The molecular formula is C24H25N3O6. The number of methoxy groups -OCH3 is 1. The highest BCUT2D eigenvalue weighted by molar-refractivity contribution is 6.17. The molecule has 9 nitrogen and oxygen atoms in total. The summed E-state index contributed by atoms with van der Waals surface area (Å²) in [4.78, 5) is 54.2. The number of hydrogen-bond acceptors (Lipinski definition) is 6. The molecule has 1 N–H and O–H groups in total. The number of carbonyl (C=O) groups excluding carboxylic acids is 4. The number of urea groups is 1. The third-order valence-corrected chi connectivity index (χ3v) is 5.55. The zero-order chi connectivity index (χ0) is 24.0. The second kappa shape index (κ2) is 7.91. The number of nitrogens with zero attached hydrogens (tertiary/aromatic N) is 2. The summed E-state index contributed by atoms with van der Waals surface area (Å²) in [7, 11) is 1.54. The number of carbonyl (C=O) groups is 4. The van der Waals surface area contributed by atoms with Crippen LogP contribution in [0.3, 0.4) is 0 Å². The maximum Gasteiger partial charge on any atom is 0.425 e. The highest BCUT2D eigenvalue weighted by Crippen LogP contribution is 2.35. The van der Waals surface area contributed by atoms with Gasteiger partial charge < -0.3 is 19.7 Å². The zero-order valence-electron chi connectivity index (χ0n) is 18.9. The van der Waals surface area contributed by atoms with Crippen LogP contribution in [0.1, 0.15) is 42.3 Å². The number of amides is 5. The Kier molecular flexibility index (Phi) is 5.35. The molecule has 0 unspecified atom stereocenters. The second-order valence-electron chi connectivity index (χ2n) is 9.01. The Morgan fingerprint density at radius 2 is 1.79 bits per heavy atom. The van der Waals surface area contributed by atoms with E-state index in [0.717, 1.165) is 5.56 Å². The molecule has 2 aliphatic rings. The number of ether oxygens (including phenoxy) is 2. The molecule has 0 radical (unpaired) electrons. The minimum absolute atomic E-state index is 0.156. The van der Waals surface area contributed by atoms with E-state index in [4.69, 9.17) is 9.47 Å². The zero-order valence-corrected chi connectivity index (χ0v) is 18.9. The molecule has 172 valence electrons. The van der Waals surface area contributed by atoms with Gasteiger partial charge >= 0.3 is 12.1 Å². The molecule has 1 fully saturated rings. The number of fused-ring (bicyclic) bond motifs is 1. The van der Waals surface area contributed by atoms with Gasteiger partial charge in [-0.25, -0.2) is 9.59 Å².